The molecule has 1 aromatic heterocycles. The Morgan fingerprint density at radius 3 is 2.25 bits per heavy atom. The molecule has 0 bridgehead atoms. The summed E-state index contributed by atoms with van der Waals surface area (Å²) < 4.78 is 12.3. The van der Waals surface area contributed by atoms with Crippen molar-refractivity contribution in [1.82, 2.24) is 0 Å². The SMILES string of the molecule is CC1(C)OB(C(=Cc2ccc(-c3ccccc3)s2)CS)OC1(C)C. The normalized spacial score (nSPS) is 19.7. The average molecular weight is 358 g/mol. The summed E-state index contributed by atoms with van der Waals surface area (Å²) in [6.07, 6.45) is 2.15. The number of thiol groups is 1. The molecule has 1 aliphatic heterocycles. The molecule has 126 valence electrons. The molecule has 1 saturated heterocycles. The monoisotopic (exact) mass is 358 g/mol. The van der Waals surface area contributed by atoms with E-state index < -0.39 is 0 Å². The third-order valence-electron chi connectivity index (χ3n) is 4.75. The van der Waals surface area contributed by atoms with Gasteiger partial charge >= 0.3 is 7.12 Å². The summed E-state index contributed by atoms with van der Waals surface area (Å²) in [5.74, 6) is 0.607. The first-order chi connectivity index (χ1) is 11.3. The van der Waals surface area contributed by atoms with Gasteiger partial charge in [0.2, 0.25) is 0 Å². The molecule has 5 heteroatoms. The lowest BCUT2D eigenvalue weighted by atomic mass is 9.79. The van der Waals surface area contributed by atoms with Gasteiger partial charge in [-0.2, -0.15) is 12.6 Å². The fourth-order valence-corrected chi connectivity index (χ4v) is 3.78. The van der Waals surface area contributed by atoms with Crippen molar-refractivity contribution in [3.05, 3.63) is 52.8 Å². The van der Waals surface area contributed by atoms with Crippen molar-refractivity contribution in [2.75, 3.05) is 5.75 Å². The van der Waals surface area contributed by atoms with Crippen molar-refractivity contribution in [2.24, 2.45) is 0 Å². The summed E-state index contributed by atoms with van der Waals surface area (Å²) in [5, 5.41) is 0. The lowest BCUT2D eigenvalue weighted by Crippen LogP contribution is -2.41. The fraction of sp³-hybridized carbons (Fsp3) is 0.368. The zero-order valence-electron chi connectivity index (χ0n) is 14.6. The Kier molecular flexibility index (Phi) is 4.98. The molecule has 2 aromatic rings. The minimum Gasteiger partial charge on any atom is -0.400 e. The number of hydrogen-bond acceptors (Lipinski definition) is 4. The lowest BCUT2D eigenvalue weighted by Gasteiger charge is -2.32. The van der Waals surface area contributed by atoms with Gasteiger partial charge in [-0.15, -0.1) is 11.3 Å². The predicted octanol–water partition coefficient (Wildman–Crippen LogP) is 5.36. The molecule has 0 radical (unpaired) electrons. The van der Waals surface area contributed by atoms with Crippen LogP contribution in [0.2, 0.25) is 0 Å². The highest BCUT2D eigenvalue weighted by Gasteiger charge is 2.52. The van der Waals surface area contributed by atoms with Crippen LogP contribution in [0.3, 0.4) is 0 Å². The van der Waals surface area contributed by atoms with E-state index in [1.54, 1.807) is 11.3 Å². The van der Waals surface area contributed by atoms with Crippen LogP contribution >= 0.6 is 24.0 Å². The molecular formula is C19H23BO2S2. The number of hydrogen-bond donors (Lipinski definition) is 1. The van der Waals surface area contributed by atoms with Crippen LogP contribution < -0.4 is 0 Å². The van der Waals surface area contributed by atoms with Crippen LogP contribution in [-0.4, -0.2) is 24.1 Å². The second kappa shape index (κ2) is 6.72. The summed E-state index contributed by atoms with van der Waals surface area (Å²) in [7, 11) is -0.338. The largest absolute Gasteiger partial charge is 0.491 e. The molecule has 0 saturated carbocycles. The molecule has 2 nitrogen and oxygen atoms in total. The van der Waals surface area contributed by atoms with E-state index in [1.807, 2.05) is 6.07 Å². The van der Waals surface area contributed by atoms with Crippen LogP contribution in [0.1, 0.15) is 32.6 Å². The van der Waals surface area contributed by atoms with Crippen molar-refractivity contribution >= 4 is 37.2 Å². The molecule has 0 amide bonds. The second-order valence-electron chi connectivity index (χ2n) is 7.03. The third kappa shape index (κ3) is 3.50. The lowest BCUT2D eigenvalue weighted by molar-refractivity contribution is 0.00578. The molecule has 24 heavy (non-hydrogen) atoms. The first-order valence-corrected chi connectivity index (χ1v) is 9.59. The summed E-state index contributed by atoms with van der Waals surface area (Å²) >= 11 is 6.25. The molecule has 0 aliphatic carbocycles. The number of thiophene rings is 1. The molecule has 0 unspecified atom stereocenters. The molecule has 1 fully saturated rings. The molecule has 2 heterocycles. The zero-order chi connectivity index (χ0) is 17.4. The molecule has 1 aromatic carbocycles. The van der Waals surface area contributed by atoms with Crippen molar-refractivity contribution in [2.45, 2.75) is 38.9 Å². The second-order valence-corrected chi connectivity index (χ2v) is 8.47. The predicted molar refractivity (Wildman–Crippen MR) is 108 cm³/mol. The minimum atomic E-state index is -0.338. The van der Waals surface area contributed by atoms with Gasteiger partial charge in [-0.3, -0.25) is 0 Å². The average Bonchev–Trinajstić information content (AvgIpc) is 3.08. The Hall–Kier alpha value is -1.01. The molecule has 0 spiro atoms. The summed E-state index contributed by atoms with van der Waals surface area (Å²) in [4.78, 5) is 2.45. The highest BCUT2D eigenvalue weighted by molar-refractivity contribution is 7.80. The maximum absolute atomic E-state index is 6.15. The van der Waals surface area contributed by atoms with Gasteiger partial charge in [-0.1, -0.05) is 30.3 Å². The van der Waals surface area contributed by atoms with Crippen molar-refractivity contribution in [3.8, 4) is 10.4 Å². The topological polar surface area (TPSA) is 18.5 Å². The Bertz CT molecular complexity index is 719. The summed E-state index contributed by atoms with van der Waals surface area (Å²) in [6, 6.07) is 14.7. The van der Waals surface area contributed by atoms with E-state index in [0.29, 0.717) is 5.75 Å². The quantitative estimate of drug-likeness (QED) is 0.586. The van der Waals surface area contributed by atoms with Gasteiger partial charge in [-0.05, 0) is 56.9 Å². The number of rotatable bonds is 4. The zero-order valence-corrected chi connectivity index (χ0v) is 16.3. The molecule has 0 N–H and O–H groups in total. The number of benzene rings is 1. The minimum absolute atomic E-state index is 0.329. The summed E-state index contributed by atoms with van der Waals surface area (Å²) in [5.41, 5.74) is 1.64. The Morgan fingerprint density at radius 1 is 1.04 bits per heavy atom. The molecule has 1 aliphatic rings. The van der Waals surface area contributed by atoms with Crippen molar-refractivity contribution in [1.29, 1.82) is 0 Å². The summed E-state index contributed by atoms with van der Waals surface area (Å²) in [6.45, 7) is 8.28. The molecular weight excluding hydrogens is 335 g/mol. The molecule has 3 rings (SSSR count). The first-order valence-electron chi connectivity index (χ1n) is 8.15. The van der Waals surface area contributed by atoms with Crippen LogP contribution in [0.5, 0.6) is 0 Å². The van der Waals surface area contributed by atoms with Gasteiger partial charge in [0.1, 0.15) is 0 Å². The maximum atomic E-state index is 6.15. The van der Waals surface area contributed by atoms with E-state index in [-0.39, 0.29) is 18.3 Å². The highest BCUT2D eigenvalue weighted by atomic mass is 32.1. The maximum Gasteiger partial charge on any atom is 0.491 e. The van der Waals surface area contributed by atoms with E-state index in [0.717, 1.165) is 5.47 Å². The van der Waals surface area contributed by atoms with Gasteiger partial charge in [0.15, 0.2) is 0 Å². The highest BCUT2D eigenvalue weighted by Crippen LogP contribution is 2.39. The van der Waals surface area contributed by atoms with Gasteiger partial charge in [-0.25, -0.2) is 0 Å². The Labute approximate surface area is 154 Å². The van der Waals surface area contributed by atoms with Gasteiger partial charge in [0.25, 0.3) is 0 Å². The van der Waals surface area contributed by atoms with Crippen LogP contribution in [0, 0.1) is 0 Å². The standard InChI is InChI=1S/C19H23BO2S2/c1-18(2)19(3,4)22-20(21-18)15(13-23)12-16-10-11-17(24-16)14-8-6-5-7-9-14/h5-12,23H,13H2,1-4H3. The van der Waals surface area contributed by atoms with Gasteiger partial charge < -0.3 is 9.31 Å². The smallest absolute Gasteiger partial charge is 0.400 e. The van der Waals surface area contributed by atoms with E-state index in [4.69, 9.17) is 9.31 Å². The van der Waals surface area contributed by atoms with Crippen molar-refractivity contribution < 1.29 is 9.31 Å². The van der Waals surface area contributed by atoms with E-state index in [2.05, 4.69) is 82.8 Å². The fourth-order valence-electron chi connectivity index (χ4n) is 2.55. The van der Waals surface area contributed by atoms with Crippen LogP contribution in [-0.2, 0) is 9.31 Å². The van der Waals surface area contributed by atoms with Crippen molar-refractivity contribution in [3.63, 3.8) is 0 Å². The van der Waals surface area contributed by atoms with Crippen LogP contribution in [0.4, 0.5) is 0 Å². The van der Waals surface area contributed by atoms with E-state index in [9.17, 15) is 0 Å². The van der Waals surface area contributed by atoms with E-state index >= 15 is 0 Å². The Morgan fingerprint density at radius 2 is 1.67 bits per heavy atom. The Balaban J connectivity index is 1.84. The van der Waals surface area contributed by atoms with Gasteiger partial charge in [0.05, 0.1) is 11.2 Å². The third-order valence-corrected chi connectivity index (χ3v) is 6.20. The first kappa shape index (κ1) is 17.8. The van der Waals surface area contributed by atoms with Crippen LogP contribution in [0.15, 0.2) is 47.9 Å². The van der Waals surface area contributed by atoms with Gasteiger partial charge in [0, 0.05) is 15.5 Å². The van der Waals surface area contributed by atoms with E-state index in [1.165, 1.54) is 15.3 Å². The van der Waals surface area contributed by atoms with Crippen LogP contribution in [0.25, 0.3) is 16.5 Å². The molecule has 0 atom stereocenters.